The molecule has 1 aromatic heterocycles. The van der Waals surface area contributed by atoms with Gasteiger partial charge in [-0.3, -0.25) is 4.79 Å². The van der Waals surface area contributed by atoms with Crippen molar-refractivity contribution in [2.45, 2.75) is 51.2 Å². The summed E-state index contributed by atoms with van der Waals surface area (Å²) in [5.74, 6) is 0.217. The maximum absolute atomic E-state index is 11.9. The Labute approximate surface area is 117 Å². The summed E-state index contributed by atoms with van der Waals surface area (Å²) in [4.78, 5) is 15.7. The molecule has 19 heavy (non-hydrogen) atoms. The highest BCUT2D eigenvalue weighted by molar-refractivity contribution is 8.13. The Morgan fingerprint density at radius 3 is 2.53 bits per heavy atom. The number of hydrogen-bond acceptors (Lipinski definition) is 4. The maximum Gasteiger partial charge on any atom is 0.280 e. The fourth-order valence-corrected chi connectivity index (χ4v) is 2.13. The van der Waals surface area contributed by atoms with E-state index in [1.54, 1.807) is 6.92 Å². The van der Waals surface area contributed by atoms with Crippen molar-refractivity contribution in [3.8, 4) is 0 Å². The molecule has 0 bridgehead atoms. The van der Waals surface area contributed by atoms with Crippen LogP contribution in [0.3, 0.4) is 0 Å². The smallest absolute Gasteiger partial charge is 0.280 e. The summed E-state index contributed by atoms with van der Waals surface area (Å²) in [5, 5.41) is 2.62. The standard InChI is InChI=1S/C11H18ClN3O3S/c1-5-11(3,4)14-9(16)6-15-7-10(13-8(15)2)19(12,17)18/h7H,5-6H2,1-4H3,(H,14,16). The fraction of sp³-hybridized carbons (Fsp3) is 0.636. The summed E-state index contributed by atoms with van der Waals surface area (Å²) in [5.41, 5.74) is -0.299. The van der Waals surface area contributed by atoms with Crippen molar-refractivity contribution < 1.29 is 13.2 Å². The van der Waals surface area contributed by atoms with Gasteiger partial charge in [0.05, 0.1) is 0 Å². The third-order valence-corrected chi connectivity index (χ3v) is 4.05. The summed E-state index contributed by atoms with van der Waals surface area (Å²) in [7, 11) is 1.33. The van der Waals surface area contributed by atoms with Crippen LogP contribution in [0.1, 0.15) is 33.0 Å². The molecule has 0 saturated carbocycles. The lowest BCUT2D eigenvalue weighted by Crippen LogP contribution is -2.44. The molecule has 0 aromatic carbocycles. The molecule has 1 aromatic rings. The topological polar surface area (TPSA) is 81.1 Å². The largest absolute Gasteiger partial charge is 0.350 e. The van der Waals surface area contributed by atoms with Gasteiger partial charge in [-0.2, -0.15) is 0 Å². The molecule has 0 unspecified atom stereocenters. The highest BCUT2D eigenvalue weighted by atomic mass is 35.7. The molecule has 1 N–H and O–H groups in total. The van der Waals surface area contributed by atoms with Gasteiger partial charge < -0.3 is 9.88 Å². The highest BCUT2D eigenvalue weighted by Crippen LogP contribution is 2.14. The van der Waals surface area contributed by atoms with Crippen LogP contribution in [0, 0.1) is 6.92 Å². The second kappa shape index (κ2) is 5.50. The van der Waals surface area contributed by atoms with E-state index in [1.807, 2.05) is 20.8 Å². The van der Waals surface area contributed by atoms with E-state index in [0.29, 0.717) is 5.82 Å². The van der Waals surface area contributed by atoms with E-state index in [1.165, 1.54) is 10.8 Å². The van der Waals surface area contributed by atoms with Crippen molar-refractivity contribution in [1.29, 1.82) is 0 Å². The van der Waals surface area contributed by atoms with Gasteiger partial charge in [0.2, 0.25) is 5.91 Å². The molecule has 0 atom stereocenters. The average molecular weight is 308 g/mol. The van der Waals surface area contributed by atoms with Gasteiger partial charge in [0, 0.05) is 22.4 Å². The second-order valence-electron chi connectivity index (χ2n) is 4.98. The van der Waals surface area contributed by atoms with E-state index < -0.39 is 9.05 Å². The molecular formula is C11H18ClN3O3S. The molecule has 0 fully saturated rings. The van der Waals surface area contributed by atoms with Gasteiger partial charge in [0.1, 0.15) is 12.4 Å². The van der Waals surface area contributed by atoms with Crippen LogP contribution in [0.5, 0.6) is 0 Å². The molecule has 0 spiro atoms. The lowest BCUT2D eigenvalue weighted by Gasteiger charge is -2.24. The number of carbonyl (C=O) groups excluding carboxylic acids is 1. The van der Waals surface area contributed by atoms with Crippen molar-refractivity contribution in [1.82, 2.24) is 14.9 Å². The summed E-state index contributed by atoms with van der Waals surface area (Å²) < 4.78 is 23.8. The maximum atomic E-state index is 11.9. The van der Waals surface area contributed by atoms with Gasteiger partial charge in [-0.25, -0.2) is 13.4 Å². The summed E-state index contributed by atoms with van der Waals surface area (Å²) >= 11 is 0. The third-order valence-electron chi connectivity index (χ3n) is 2.88. The number of amides is 1. The second-order valence-corrected chi connectivity index (χ2v) is 7.49. The number of rotatable bonds is 5. The van der Waals surface area contributed by atoms with Crippen molar-refractivity contribution in [3.63, 3.8) is 0 Å². The third kappa shape index (κ3) is 4.50. The molecule has 0 aliphatic rings. The Balaban J connectivity index is 2.84. The van der Waals surface area contributed by atoms with Gasteiger partial charge >= 0.3 is 0 Å². The molecule has 1 heterocycles. The Hall–Kier alpha value is -1.08. The molecule has 0 radical (unpaired) electrons. The Morgan fingerprint density at radius 1 is 1.53 bits per heavy atom. The summed E-state index contributed by atoms with van der Waals surface area (Å²) in [6, 6.07) is 0. The van der Waals surface area contributed by atoms with Crippen molar-refractivity contribution >= 4 is 25.6 Å². The Kier molecular flexibility index (Phi) is 4.63. The first-order valence-electron chi connectivity index (χ1n) is 5.84. The van der Waals surface area contributed by atoms with Gasteiger partial charge in [0.25, 0.3) is 9.05 Å². The lowest BCUT2D eigenvalue weighted by molar-refractivity contribution is -0.123. The first-order valence-corrected chi connectivity index (χ1v) is 8.15. The number of imidazole rings is 1. The van der Waals surface area contributed by atoms with Crippen molar-refractivity contribution in [2.24, 2.45) is 0 Å². The summed E-state index contributed by atoms with van der Waals surface area (Å²) in [6.45, 7) is 7.43. The minimum Gasteiger partial charge on any atom is -0.350 e. The monoisotopic (exact) mass is 307 g/mol. The van der Waals surface area contributed by atoms with Gasteiger partial charge in [-0.15, -0.1) is 0 Å². The Bertz CT molecular complexity index is 578. The number of hydrogen-bond donors (Lipinski definition) is 1. The molecule has 1 amide bonds. The first kappa shape index (κ1) is 16.0. The molecule has 0 saturated heterocycles. The fourth-order valence-electron chi connectivity index (χ4n) is 1.42. The van der Waals surface area contributed by atoms with E-state index in [9.17, 15) is 13.2 Å². The Morgan fingerprint density at radius 2 is 2.11 bits per heavy atom. The zero-order valence-corrected chi connectivity index (χ0v) is 13.0. The van der Waals surface area contributed by atoms with E-state index in [2.05, 4.69) is 10.3 Å². The summed E-state index contributed by atoms with van der Waals surface area (Å²) in [6.07, 6.45) is 2.05. The van der Waals surface area contributed by atoms with Crippen LogP contribution in [0.25, 0.3) is 0 Å². The first-order chi connectivity index (χ1) is 8.55. The number of aromatic nitrogens is 2. The van der Waals surface area contributed by atoms with E-state index in [4.69, 9.17) is 10.7 Å². The van der Waals surface area contributed by atoms with Crippen LogP contribution in [0.15, 0.2) is 11.2 Å². The van der Waals surface area contributed by atoms with Gasteiger partial charge in [-0.1, -0.05) is 6.92 Å². The normalized spacial score (nSPS) is 12.5. The van der Waals surface area contributed by atoms with E-state index in [-0.39, 0.29) is 23.0 Å². The van der Waals surface area contributed by atoms with Crippen LogP contribution >= 0.6 is 10.7 Å². The SMILES string of the molecule is CCC(C)(C)NC(=O)Cn1cc(S(=O)(=O)Cl)nc1C. The van der Waals surface area contributed by atoms with Gasteiger partial charge in [-0.05, 0) is 27.2 Å². The lowest BCUT2D eigenvalue weighted by atomic mass is 10.0. The average Bonchev–Trinajstić information content (AvgIpc) is 2.59. The van der Waals surface area contributed by atoms with Crippen LogP contribution in [-0.4, -0.2) is 29.4 Å². The molecule has 108 valence electrons. The van der Waals surface area contributed by atoms with E-state index in [0.717, 1.165) is 6.42 Å². The molecule has 8 heteroatoms. The molecule has 0 aliphatic heterocycles. The zero-order valence-electron chi connectivity index (χ0n) is 11.4. The molecule has 6 nitrogen and oxygen atoms in total. The molecule has 0 aliphatic carbocycles. The predicted octanol–water partition coefficient (Wildman–Crippen LogP) is 1.42. The van der Waals surface area contributed by atoms with Gasteiger partial charge in [0.15, 0.2) is 5.03 Å². The zero-order chi connectivity index (χ0) is 14.8. The van der Waals surface area contributed by atoms with Crippen molar-refractivity contribution in [2.75, 3.05) is 0 Å². The predicted molar refractivity (Wildman–Crippen MR) is 72.5 cm³/mol. The van der Waals surface area contributed by atoms with Crippen molar-refractivity contribution in [3.05, 3.63) is 12.0 Å². The molecular weight excluding hydrogens is 290 g/mol. The van der Waals surface area contributed by atoms with Crippen LogP contribution < -0.4 is 5.32 Å². The number of nitrogens with one attached hydrogen (secondary N) is 1. The van der Waals surface area contributed by atoms with E-state index >= 15 is 0 Å². The quantitative estimate of drug-likeness (QED) is 0.834. The minimum absolute atomic E-state index is 0.00860. The highest BCUT2D eigenvalue weighted by Gasteiger charge is 2.20. The number of aryl methyl sites for hydroxylation is 1. The van der Waals surface area contributed by atoms with Crippen LogP contribution in [0.2, 0.25) is 0 Å². The number of carbonyl (C=O) groups is 1. The van der Waals surface area contributed by atoms with Crippen LogP contribution in [-0.2, 0) is 20.4 Å². The molecule has 1 rings (SSSR count). The minimum atomic E-state index is -3.87. The number of halogens is 1. The van der Waals surface area contributed by atoms with Crippen LogP contribution in [0.4, 0.5) is 0 Å². The number of nitrogens with zero attached hydrogens (tertiary/aromatic N) is 2.